The molecule has 0 atom stereocenters. The first-order valence-electron chi connectivity index (χ1n) is 8.19. The fourth-order valence-electron chi connectivity index (χ4n) is 2.38. The highest BCUT2D eigenvalue weighted by atomic mass is 32.2. The van der Waals surface area contributed by atoms with Crippen LogP contribution in [0.4, 0.5) is 11.4 Å². The van der Waals surface area contributed by atoms with Gasteiger partial charge in [-0.2, -0.15) is 5.10 Å². The zero-order chi connectivity index (χ0) is 17.9. The van der Waals surface area contributed by atoms with Crippen LogP contribution < -0.4 is 9.80 Å². The Labute approximate surface area is 148 Å². The second-order valence-corrected chi connectivity index (χ2v) is 7.64. The Bertz CT molecular complexity index is 665. The van der Waals surface area contributed by atoms with Gasteiger partial charge in [-0.1, -0.05) is 45.5 Å². The van der Waals surface area contributed by atoms with Crippen LogP contribution in [0.1, 0.15) is 39.2 Å². The van der Waals surface area contributed by atoms with Crippen molar-refractivity contribution in [3.8, 4) is 0 Å². The van der Waals surface area contributed by atoms with Crippen LogP contribution in [0, 0.1) is 5.92 Å². The van der Waals surface area contributed by atoms with Crippen LogP contribution in [0.5, 0.6) is 0 Å². The molecule has 6 heteroatoms. The zero-order valence-corrected chi connectivity index (χ0v) is 16.1. The van der Waals surface area contributed by atoms with Crippen LogP contribution in [-0.4, -0.2) is 37.1 Å². The maximum Gasteiger partial charge on any atom is 0.243 e. The van der Waals surface area contributed by atoms with Crippen molar-refractivity contribution in [3.05, 3.63) is 23.8 Å². The standard InChI is InChI=1S/C18H26N4OS/c1-12(2)10-19-20-18-22(17(23)11-24-18)16-9-14(21(5)6)7-8-15(16)13(3)4/h7-10,12-13H,11H2,1-6H3/b19-10+,20-18-. The molecular weight excluding hydrogens is 320 g/mol. The summed E-state index contributed by atoms with van der Waals surface area (Å²) in [5.74, 6) is 1.10. The van der Waals surface area contributed by atoms with E-state index >= 15 is 0 Å². The Morgan fingerprint density at radius 1 is 1.25 bits per heavy atom. The van der Waals surface area contributed by atoms with Gasteiger partial charge in [0.15, 0.2) is 5.17 Å². The van der Waals surface area contributed by atoms with Gasteiger partial charge in [-0.3, -0.25) is 9.69 Å². The van der Waals surface area contributed by atoms with Gasteiger partial charge in [-0.05, 0) is 29.5 Å². The van der Waals surface area contributed by atoms with Gasteiger partial charge in [0.1, 0.15) is 0 Å². The van der Waals surface area contributed by atoms with Gasteiger partial charge in [0, 0.05) is 26.0 Å². The fourth-order valence-corrected chi connectivity index (χ4v) is 3.20. The Morgan fingerprint density at radius 2 is 1.96 bits per heavy atom. The highest BCUT2D eigenvalue weighted by Crippen LogP contribution is 2.35. The highest BCUT2D eigenvalue weighted by Gasteiger charge is 2.32. The number of carbonyl (C=O) groups is 1. The van der Waals surface area contributed by atoms with Crippen molar-refractivity contribution in [3.63, 3.8) is 0 Å². The van der Waals surface area contributed by atoms with Gasteiger partial charge < -0.3 is 4.90 Å². The van der Waals surface area contributed by atoms with Gasteiger partial charge in [-0.25, -0.2) is 0 Å². The van der Waals surface area contributed by atoms with Gasteiger partial charge in [0.25, 0.3) is 0 Å². The average molecular weight is 347 g/mol. The molecule has 5 nitrogen and oxygen atoms in total. The number of thioether (sulfide) groups is 1. The number of rotatable bonds is 5. The maximum absolute atomic E-state index is 12.5. The van der Waals surface area contributed by atoms with E-state index in [1.807, 2.05) is 32.8 Å². The Morgan fingerprint density at radius 3 is 2.54 bits per heavy atom. The second-order valence-electron chi connectivity index (χ2n) is 6.70. The predicted octanol–water partition coefficient (Wildman–Crippen LogP) is 3.95. The van der Waals surface area contributed by atoms with Crippen molar-refractivity contribution in [2.75, 3.05) is 29.6 Å². The van der Waals surface area contributed by atoms with E-state index in [1.165, 1.54) is 11.8 Å². The molecule has 0 aromatic heterocycles. The molecule has 1 heterocycles. The predicted molar refractivity (Wildman–Crippen MR) is 106 cm³/mol. The molecule has 24 heavy (non-hydrogen) atoms. The molecule has 0 radical (unpaired) electrons. The third-order valence-corrected chi connectivity index (χ3v) is 4.58. The minimum absolute atomic E-state index is 0.0521. The normalized spacial score (nSPS) is 17.1. The molecule has 0 unspecified atom stereocenters. The summed E-state index contributed by atoms with van der Waals surface area (Å²) >= 11 is 1.44. The summed E-state index contributed by atoms with van der Waals surface area (Å²) in [6.45, 7) is 8.36. The topological polar surface area (TPSA) is 48.3 Å². The van der Waals surface area contributed by atoms with Crippen LogP contribution in [0.25, 0.3) is 0 Å². The lowest BCUT2D eigenvalue weighted by Crippen LogP contribution is -2.30. The molecule has 2 rings (SSSR count). The minimum Gasteiger partial charge on any atom is -0.378 e. The Hall–Kier alpha value is -1.82. The summed E-state index contributed by atoms with van der Waals surface area (Å²) in [4.78, 5) is 16.2. The first kappa shape index (κ1) is 18.5. The molecule has 0 saturated carbocycles. The van der Waals surface area contributed by atoms with Crippen LogP contribution in [0.15, 0.2) is 28.4 Å². The lowest BCUT2D eigenvalue weighted by Gasteiger charge is -2.24. The average Bonchev–Trinajstić information content (AvgIpc) is 2.87. The van der Waals surface area contributed by atoms with E-state index in [-0.39, 0.29) is 5.91 Å². The number of benzene rings is 1. The second kappa shape index (κ2) is 7.83. The summed E-state index contributed by atoms with van der Waals surface area (Å²) in [5.41, 5.74) is 3.10. The monoisotopic (exact) mass is 346 g/mol. The molecule has 0 bridgehead atoms. The van der Waals surface area contributed by atoms with Crippen LogP contribution in [0.2, 0.25) is 0 Å². The SMILES string of the molecule is CC(C)/C=N/N=C1\SCC(=O)N1c1cc(N(C)C)ccc1C(C)C. The largest absolute Gasteiger partial charge is 0.378 e. The van der Waals surface area contributed by atoms with Crippen molar-refractivity contribution in [1.82, 2.24) is 0 Å². The lowest BCUT2D eigenvalue weighted by atomic mass is 9.99. The van der Waals surface area contributed by atoms with Crippen molar-refractivity contribution in [2.45, 2.75) is 33.6 Å². The number of amides is 1. The fraction of sp³-hybridized carbons (Fsp3) is 0.500. The van der Waals surface area contributed by atoms with E-state index in [1.54, 1.807) is 11.1 Å². The molecule has 1 aromatic rings. The van der Waals surface area contributed by atoms with E-state index in [9.17, 15) is 4.79 Å². The lowest BCUT2D eigenvalue weighted by molar-refractivity contribution is -0.115. The van der Waals surface area contributed by atoms with E-state index in [0.29, 0.717) is 22.8 Å². The van der Waals surface area contributed by atoms with Crippen molar-refractivity contribution < 1.29 is 4.79 Å². The molecule has 0 aliphatic carbocycles. The number of amidine groups is 1. The van der Waals surface area contributed by atoms with E-state index in [4.69, 9.17) is 0 Å². The van der Waals surface area contributed by atoms with E-state index < -0.39 is 0 Å². The van der Waals surface area contributed by atoms with Gasteiger partial charge in [0.2, 0.25) is 5.91 Å². The summed E-state index contributed by atoms with van der Waals surface area (Å²) in [5, 5.41) is 9.07. The molecule has 1 aliphatic rings. The molecule has 1 saturated heterocycles. The number of hydrogen-bond donors (Lipinski definition) is 0. The van der Waals surface area contributed by atoms with Gasteiger partial charge >= 0.3 is 0 Å². The minimum atomic E-state index is 0.0521. The van der Waals surface area contributed by atoms with Crippen molar-refractivity contribution >= 4 is 40.4 Å². The summed E-state index contributed by atoms with van der Waals surface area (Å²) in [6, 6.07) is 6.24. The summed E-state index contributed by atoms with van der Waals surface area (Å²) < 4.78 is 0. The molecular formula is C18H26N4OS. The first-order valence-corrected chi connectivity index (χ1v) is 9.18. The third-order valence-electron chi connectivity index (χ3n) is 3.67. The molecule has 0 N–H and O–H groups in total. The smallest absolute Gasteiger partial charge is 0.243 e. The molecule has 130 valence electrons. The molecule has 1 fully saturated rings. The Kier molecular flexibility index (Phi) is 6.04. The first-order chi connectivity index (χ1) is 11.3. The summed E-state index contributed by atoms with van der Waals surface area (Å²) in [7, 11) is 3.99. The highest BCUT2D eigenvalue weighted by molar-refractivity contribution is 8.15. The van der Waals surface area contributed by atoms with Crippen molar-refractivity contribution in [2.24, 2.45) is 16.1 Å². The molecule has 1 aromatic carbocycles. The maximum atomic E-state index is 12.5. The van der Waals surface area contributed by atoms with Crippen LogP contribution in [-0.2, 0) is 4.79 Å². The number of anilines is 2. The molecule has 1 amide bonds. The third kappa shape index (κ3) is 4.17. The quantitative estimate of drug-likeness (QED) is 0.599. The van der Waals surface area contributed by atoms with Crippen molar-refractivity contribution in [1.29, 1.82) is 0 Å². The van der Waals surface area contributed by atoms with Gasteiger partial charge in [-0.15, -0.1) is 5.10 Å². The number of nitrogens with zero attached hydrogens (tertiary/aromatic N) is 4. The van der Waals surface area contributed by atoms with Crippen LogP contribution in [0.3, 0.4) is 0 Å². The molecule has 1 aliphatic heterocycles. The number of hydrogen-bond acceptors (Lipinski definition) is 5. The van der Waals surface area contributed by atoms with E-state index in [2.05, 4.69) is 42.2 Å². The van der Waals surface area contributed by atoms with Gasteiger partial charge in [0.05, 0.1) is 11.4 Å². The summed E-state index contributed by atoms with van der Waals surface area (Å²) in [6.07, 6.45) is 1.79. The Balaban J connectivity index is 2.49. The zero-order valence-electron chi connectivity index (χ0n) is 15.3. The number of carbonyl (C=O) groups excluding carboxylic acids is 1. The van der Waals surface area contributed by atoms with Crippen LogP contribution >= 0.6 is 11.8 Å². The van der Waals surface area contributed by atoms with E-state index in [0.717, 1.165) is 16.9 Å². The molecule has 0 spiro atoms.